The average Bonchev–Trinajstić information content (AvgIpc) is 2.71. The third-order valence-electron chi connectivity index (χ3n) is 8.45. The lowest BCUT2D eigenvalue weighted by molar-refractivity contribution is -0.206. The molecule has 3 rings (SSSR count). The van der Waals surface area contributed by atoms with E-state index in [4.69, 9.17) is 9.47 Å². The first-order valence-electron chi connectivity index (χ1n) is 11.9. The van der Waals surface area contributed by atoms with Gasteiger partial charge in [-0.25, -0.2) is 4.79 Å². The number of aliphatic hydroxyl groups excluding tert-OH is 1. The number of hydrogen-bond acceptors (Lipinski definition) is 5. The van der Waals surface area contributed by atoms with Gasteiger partial charge in [0, 0.05) is 5.92 Å². The summed E-state index contributed by atoms with van der Waals surface area (Å²) in [6.45, 7) is 9.04. The minimum absolute atomic E-state index is 0.0487. The lowest BCUT2D eigenvalue weighted by atomic mass is 9.54. The van der Waals surface area contributed by atoms with E-state index in [-0.39, 0.29) is 29.3 Å². The van der Waals surface area contributed by atoms with Crippen molar-refractivity contribution < 1.29 is 24.2 Å². The second kappa shape index (κ2) is 9.36. The molecule has 29 heavy (non-hydrogen) atoms. The summed E-state index contributed by atoms with van der Waals surface area (Å²) in [7, 11) is 0. The molecular weight excluding hydrogens is 368 g/mol. The van der Waals surface area contributed by atoms with Gasteiger partial charge in [0.25, 0.3) is 0 Å². The Labute approximate surface area is 175 Å². The predicted molar refractivity (Wildman–Crippen MR) is 111 cm³/mol. The van der Waals surface area contributed by atoms with E-state index in [9.17, 15) is 14.7 Å². The van der Waals surface area contributed by atoms with Gasteiger partial charge in [-0.3, -0.25) is 4.79 Å². The van der Waals surface area contributed by atoms with Crippen molar-refractivity contribution in [1.82, 2.24) is 0 Å². The van der Waals surface area contributed by atoms with E-state index in [1.54, 1.807) is 0 Å². The van der Waals surface area contributed by atoms with Gasteiger partial charge < -0.3 is 14.6 Å². The van der Waals surface area contributed by atoms with E-state index in [1.807, 2.05) is 13.8 Å². The van der Waals surface area contributed by atoms with Gasteiger partial charge >= 0.3 is 11.9 Å². The molecule has 0 aromatic rings. The van der Waals surface area contributed by atoms with Crippen molar-refractivity contribution in [3.05, 3.63) is 0 Å². The smallest absolute Gasteiger partial charge is 0.335 e. The zero-order valence-electron chi connectivity index (χ0n) is 18.7. The fourth-order valence-electron chi connectivity index (χ4n) is 6.17. The minimum Gasteiger partial charge on any atom is -0.464 e. The molecule has 0 bridgehead atoms. The third kappa shape index (κ3) is 4.50. The predicted octanol–water partition coefficient (Wildman–Crippen LogP) is 4.50. The Hall–Kier alpha value is -1.10. The van der Waals surface area contributed by atoms with Crippen LogP contribution in [0.4, 0.5) is 0 Å². The Morgan fingerprint density at radius 2 is 2.03 bits per heavy atom. The number of rotatable bonds is 6. The summed E-state index contributed by atoms with van der Waals surface area (Å²) >= 11 is 0. The molecule has 5 heteroatoms. The largest absolute Gasteiger partial charge is 0.464 e. The van der Waals surface area contributed by atoms with Gasteiger partial charge in [-0.2, -0.15) is 0 Å². The molecule has 8 atom stereocenters. The maximum atomic E-state index is 12.9. The summed E-state index contributed by atoms with van der Waals surface area (Å²) in [5, 5.41) is 10.3. The van der Waals surface area contributed by atoms with Crippen LogP contribution in [0.15, 0.2) is 0 Å². The second-order valence-electron chi connectivity index (χ2n) is 10.0. The van der Waals surface area contributed by atoms with Crippen molar-refractivity contribution in [2.24, 2.45) is 35.5 Å². The molecule has 1 N–H and O–H groups in total. The molecule has 1 heterocycles. The van der Waals surface area contributed by atoms with Crippen LogP contribution in [-0.4, -0.2) is 35.4 Å². The van der Waals surface area contributed by atoms with Gasteiger partial charge in [0.2, 0.25) is 0 Å². The Morgan fingerprint density at radius 1 is 1.28 bits per heavy atom. The molecule has 5 nitrogen and oxygen atoms in total. The number of hydrogen-bond donors (Lipinski definition) is 1. The van der Waals surface area contributed by atoms with Crippen LogP contribution in [0.5, 0.6) is 0 Å². The molecule has 2 aliphatic carbocycles. The first-order valence-corrected chi connectivity index (χ1v) is 11.9. The molecule has 2 saturated carbocycles. The second-order valence-corrected chi connectivity index (χ2v) is 10.0. The van der Waals surface area contributed by atoms with Crippen molar-refractivity contribution in [3.63, 3.8) is 0 Å². The molecule has 0 radical (unpaired) electrons. The van der Waals surface area contributed by atoms with Crippen LogP contribution in [-0.2, 0) is 19.1 Å². The van der Waals surface area contributed by atoms with Crippen LogP contribution < -0.4 is 0 Å². The first kappa shape index (κ1) is 22.6. The van der Waals surface area contributed by atoms with E-state index in [0.29, 0.717) is 30.8 Å². The summed E-state index contributed by atoms with van der Waals surface area (Å²) in [5.74, 6) is 1.12. The quantitative estimate of drug-likeness (QED) is 0.655. The third-order valence-corrected chi connectivity index (χ3v) is 8.45. The van der Waals surface area contributed by atoms with Gasteiger partial charge in [-0.15, -0.1) is 0 Å². The fraction of sp³-hybridized carbons (Fsp3) is 0.917. The van der Waals surface area contributed by atoms with E-state index in [2.05, 4.69) is 13.8 Å². The highest BCUT2D eigenvalue weighted by Gasteiger charge is 2.56. The normalized spacial score (nSPS) is 41.2. The summed E-state index contributed by atoms with van der Waals surface area (Å²) in [4.78, 5) is 24.7. The fourth-order valence-corrected chi connectivity index (χ4v) is 6.17. The summed E-state index contributed by atoms with van der Waals surface area (Å²) in [5.41, 5.74) is -0.370. The monoisotopic (exact) mass is 408 g/mol. The highest BCUT2D eigenvalue weighted by molar-refractivity contribution is 5.75. The van der Waals surface area contributed by atoms with Gasteiger partial charge in [-0.05, 0) is 75.0 Å². The van der Waals surface area contributed by atoms with Crippen LogP contribution >= 0.6 is 0 Å². The van der Waals surface area contributed by atoms with Gasteiger partial charge in [0.15, 0.2) is 6.10 Å². The topological polar surface area (TPSA) is 72.8 Å². The maximum Gasteiger partial charge on any atom is 0.335 e. The van der Waals surface area contributed by atoms with Crippen LogP contribution in [0.25, 0.3) is 0 Å². The van der Waals surface area contributed by atoms with Crippen molar-refractivity contribution in [3.8, 4) is 0 Å². The SMILES string of the molecule is CC[C@H](C)C(=O)OC12CCCCC1CC(C)[C@@H](C)C2CC[C@H]1CCOC(=O)C1O. The molecule has 0 amide bonds. The average molecular weight is 409 g/mol. The molecule has 166 valence electrons. The van der Waals surface area contributed by atoms with Crippen LogP contribution in [0.1, 0.15) is 85.5 Å². The standard InChI is InChI=1S/C24H40O5/c1-5-15(2)22(26)29-24-12-7-6-8-19(24)14-16(3)17(4)20(24)10-9-18-11-13-28-23(27)21(18)25/h15-21,25H,5-14H2,1-4H3/t15-,16?,17+,18-,19?,20?,21?,24?/m0/s1. The van der Waals surface area contributed by atoms with E-state index < -0.39 is 12.1 Å². The van der Waals surface area contributed by atoms with Crippen molar-refractivity contribution >= 4 is 11.9 Å². The lowest BCUT2D eigenvalue weighted by Crippen LogP contribution is -2.58. The maximum absolute atomic E-state index is 12.9. The Bertz CT molecular complexity index is 590. The molecule has 0 aromatic heterocycles. The molecule has 3 aliphatic rings. The first-order chi connectivity index (χ1) is 13.8. The highest BCUT2D eigenvalue weighted by Crippen LogP contribution is 2.55. The minimum atomic E-state index is -1.01. The molecule has 0 spiro atoms. The number of fused-ring (bicyclic) bond motifs is 1. The van der Waals surface area contributed by atoms with Crippen LogP contribution in [0, 0.1) is 35.5 Å². The number of ether oxygens (including phenoxy) is 2. The molecule has 1 aliphatic heterocycles. The van der Waals surface area contributed by atoms with Crippen molar-refractivity contribution in [2.45, 2.75) is 97.2 Å². The summed E-state index contributed by atoms with van der Waals surface area (Å²) < 4.78 is 11.5. The van der Waals surface area contributed by atoms with Gasteiger partial charge in [0.05, 0.1) is 12.5 Å². The van der Waals surface area contributed by atoms with E-state index in [1.165, 1.54) is 6.42 Å². The van der Waals surface area contributed by atoms with E-state index >= 15 is 0 Å². The zero-order chi connectivity index (χ0) is 21.2. The molecule has 5 unspecified atom stereocenters. The highest BCUT2D eigenvalue weighted by atomic mass is 16.6. The molecule has 3 fully saturated rings. The van der Waals surface area contributed by atoms with Crippen LogP contribution in [0.3, 0.4) is 0 Å². The van der Waals surface area contributed by atoms with E-state index in [0.717, 1.165) is 44.9 Å². The number of cyclic esters (lactones) is 1. The summed E-state index contributed by atoms with van der Waals surface area (Å²) in [6, 6.07) is 0. The molecule has 0 aromatic carbocycles. The van der Waals surface area contributed by atoms with Gasteiger partial charge in [0.1, 0.15) is 5.60 Å². The Balaban J connectivity index is 1.82. The van der Waals surface area contributed by atoms with Crippen molar-refractivity contribution in [1.29, 1.82) is 0 Å². The zero-order valence-corrected chi connectivity index (χ0v) is 18.7. The lowest BCUT2D eigenvalue weighted by Gasteiger charge is -2.56. The van der Waals surface area contributed by atoms with Crippen LogP contribution in [0.2, 0.25) is 0 Å². The number of carbonyl (C=O) groups is 2. The molecule has 1 saturated heterocycles. The summed E-state index contributed by atoms with van der Waals surface area (Å²) in [6.07, 6.45) is 7.73. The molecular formula is C24H40O5. The van der Waals surface area contributed by atoms with Crippen molar-refractivity contribution in [2.75, 3.05) is 6.61 Å². The van der Waals surface area contributed by atoms with Gasteiger partial charge in [-0.1, -0.05) is 34.1 Å². The number of carbonyl (C=O) groups excluding carboxylic acids is 2. The number of aliphatic hydroxyl groups is 1. The number of esters is 2. The Kier molecular flexibility index (Phi) is 7.29. The Morgan fingerprint density at radius 3 is 2.76 bits per heavy atom.